The van der Waals surface area contributed by atoms with Gasteiger partial charge in [-0.05, 0) is 43.0 Å². The highest BCUT2D eigenvalue weighted by Gasteiger charge is 2.19. The van der Waals surface area contributed by atoms with Crippen molar-refractivity contribution in [1.82, 2.24) is 4.98 Å². The number of anilines is 3. The molecule has 2 aliphatic rings. The smallest absolute Gasteiger partial charge is 0.274 e. The zero-order valence-electron chi connectivity index (χ0n) is 16.4. The average molecular weight is 380 g/mol. The number of carbonyl (C=O) groups excluding carboxylic acids is 1. The summed E-state index contributed by atoms with van der Waals surface area (Å²) >= 11 is 0. The van der Waals surface area contributed by atoms with Crippen molar-refractivity contribution < 1.29 is 9.53 Å². The fourth-order valence-electron chi connectivity index (χ4n) is 3.85. The van der Waals surface area contributed by atoms with Crippen LogP contribution in [0.4, 0.5) is 17.1 Å². The highest BCUT2D eigenvalue weighted by atomic mass is 16.5. The molecule has 0 spiro atoms. The number of piperidine rings is 1. The number of aromatic nitrogens is 1. The van der Waals surface area contributed by atoms with Gasteiger partial charge in [-0.3, -0.25) is 9.78 Å². The van der Waals surface area contributed by atoms with E-state index < -0.39 is 0 Å². The predicted molar refractivity (Wildman–Crippen MR) is 112 cm³/mol. The molecule has 2 fully saturated rings. The number of amides is 1. The molecule has 4 rings (SSSR count). The molecule has 0 saturated carbocycles. The lowest BCUT2D eigenvalue weighted by atomic mass is 9.99. The minimum atomic E-state index is -0.173. The number of nitrogens with zero attached hydrogens (tertiary/aromatic N) is 3. The molecule has 0 aliphatic carbocycles. The van der Waals surface area contributed by atoms with Crippen LogP contribution in [-0.2, 0) is 4.74 Å². The molecule has 2 saturated heterocycles. The van der Waals surface area contributed by atoms with Crippen LogP contribution in [0.5, 0.6) is 0 Å². The summed E-state index contributed by atoms with van der Waals surface area (Å²) in [5.74, 6) is 0.602. The predicted octanol–water partition coefficient (Wildman–Crippen LogP) is 3.41. The lowest BCUT2D eigenvalue weighted by Gasteiger charge is -2.32. The quantitative estimate of drug-likeness (QED) is 0.881. The maximum atomic E-state index is 12.9. The third-order valence-corrected chi connectivity index (χ3v) is 5.63. The Morgan fingerprint density at radius 1 is 1.07 bits per heavy atom. The van der Waals surface area contributed by atoms with Gasteiger partial charge in [0.25, 0.3) is 5.91 Å². The van der Waals surface area contributed by atoms with Crippen LogP contribution in [0.15, 0.2) is 42.6 Å². The third kappa shape index (κ3) is 4.28. The van der Waals surface area contributed by atoms with Crippen LogP contribution < -0.4 is 15.1 Å². The summed E-state index contributed by atoms with van der Waals surface area (Å²) in [5, 5.41) is 3.06. The summed E-state index contributed by atoms with van der Waals surface area (Å²) < 4.78 is 5.45. The average Bonchev–Trinajstić information content (AvgIpc) is 2.75. The van der Waals surface area contributed by atoms with Gasteiger partial charge in [-0.1, -0.05) is 19.1 Å². The van der Waals surface area contributed by atoms with Gasteiger partial charge in [0, 0.05) is 38.1 Å². The van der Waals surface area contributed by atoms with Gasteiger partial charge in [-0.2, -0.15) is 0 Å². The van der Waals surface area contributed by atoms with E-state index in [1.807, 2.05) is 36.4 Å². The van der Waals surface area contributed by atoms with E-state index in [9.17, 15) is 4.79 Å². The van der Waals surface area contributed by atoms with Crippen LogP contribution in [0.25, 0.3) is 0 Å². The van der Waals surface area contributed by atoms with Crippen LogP contribution in [0, 0.1) is 5.92 Å². The second-order valence-electron chi connectivity index (χ2n) is 7.64. The van der Waals surface area contributed by atoms with Gasteiger partial charge in [0.1, 0.15) is 5.69 Å². The fourth-order valence-corrected chi connectivity index (χ4v) is 3.85. The van der Waals surface area contributed by atoms with Gasteiger partial charge in [-0.25, -0.2) is 0 Å². The number of nitrogens with one attached hydrogen (secondary N) is 1. The van der Waals surface area contributed by atoms with E-state index in [4.69, 9.17) is 4.74 Å². The number of hydrogen-bond donors (Lipinski definition) is 1. The van der Waals surface area contributed by atoms with E-state index in [1.54, 1.807) is 6.20 Å². The highest BCUT2D eigenvalue weighted by molar-refractivity contribution is 6.05. The molecule has 6 nitrogen and oxygen atoms in total. The SMILES string of the molecule is CC1CCN(c2ccnc(C(=O)Nc3ccccc3N3CCOCC3)c2)CC1. The standard InChI is InChI=1S/C22H28N4O2/c1-17-7-10-25(11-8-17)18-6-9-23-20(16-18)22(27)24-19-4-2-3-5-21(19)26-12-14-28-15-13-26/h2-6,9,16-17H,7-8,10-15H2,1H3,(H,24,27). The molecule has 6 heteroatoms. The lowest BCUT2D eigenvalue weighted by molar-refractivity contribution is 0.102. The van der Waals surface area contributed by atoms with Gasteiger partial charge in [0.2, 0.25) is 0 Å². The molecule has 0 radical (unpaired) electrons. The summed E-state index contributed by atoms with van der Waals surface area (Å²) in [6.45, 7) is 7.44. The molecule has 1 amide bonds. The molecule has 1 aromatic carbocycles. The number of morpholine rings is 1. The normalized spacial score (nSPS) is 18.2. The second kappa shape index (κ2) is 8.61. The number of benzene rings is 1. The van der Waals surface area contributed by atoms with E-state index in [1.165, 1.54) is 12.8 Å². The molecule has 2 aliphatic heterocycles. The van der Waals surface area contributed by atoms with Crippen molar-refractivity contribution in [2.24, 2.45) is 5.92 Å². The molecule has 2 aromatic rings. The Kier molecular flexibility index (Phi) is 5.76. The zero-order valence-corrected chi connectivity index (χ0v) is 16.4. The van der Waals surface area contributed by atoms with Crippen LogP contribution in [-0.4, -0.2) is 50.3 Å². The van der Waals surface area contributed by atoms with Gasteiger partial charge >= 0.3 is 0 Å². The largest absolute Gasteiger partial charge is 0.378 e. The van der Waals surface area contributed by atoms with Crippen molar-refractivity contribution in [3.05, 3.63) is 48.3 Å². The van der Waals surface area contributed by atoms with Crippen LogP contribution in [0.2, 0.25) is 0 Å². The first-order valence-corrected chi connectivity index (χ1v) is 10.1. The van der Waals surface area contributed by atoms with Crippen molar-refractivity contribution in [3.63, 3.8) is 0 Å². The summed E-state index contributed by atoms with van der Waals surface area (Å²) in [7, 11) is 0. The Morgan fingerprint density at radius 3 is 2.61 bits per heavy atom. The Morgan fingerprint density at radius 2 is 1.82 bits per heavy atom. The van der Waals surface area contributed by atoms with Crippen LogP contribution in [0.1, 0.15) is 30.3 Å². The lowest BCUT2D eigenvalue weighted by Crippen LogP contribution is -2.36. The monoisotopic (exact) mass is 380 g/mol. The van der Waals surface area contributed by atoms with E-state index in [-0.39, 0.29) is 5.91 Å². The van der Waals surface area contributed by atoms with E-state index in [2.05, 4.69) is 27.0 Å². The third-order valence-electron chi connectivity index (χ3n) is 5.63. The number of para-hydroxylation sites is 2. The highest BCUT2D eigenvalue weighted by Crippen LogP contribution is 2.27. The summed E-state index contributed by atoms with van der Waals surface area (Å²) in [4.78, 5) is 21.8. The van der Waals surface area contributed by atoms with Crippen molar-refractivity contribution in [3.8, 4) is 0 Å². The first-order valence-electron chi connectivity index (χ1n) is 10.1. The van der Waals surface area contributed by atoms with E-state index in [0.717, 1.165) is 49.2 Å². The van der Waals surface area contributed by atoms with Gasteiger partial charge in [-0.15, -0.1) is 0 Å². The Balaban J connectivity index is 1.49. The van der Waals surface area contributed by atoms with Crippen molar-refractivity contribution >= 4 is 23.0 Å². The molecule has 0 bridgehead atoms. The Hall–Kier alpha value is -2.60. The summed E-state index contributed by atoms with van der Waals surface area (Å²) in [6, 6.07) is 11.8. The van der Waals surface area contributed by atoms with E-state index in [0.29, 0.717) is 18.9 Å². The second-order valence-corrected chi connectivity index (χ2v) is 7.64. The molecule has 1 N–H and O–H groups in total. The van der Waals surface area contributed by atoms with Gasteiger partial charge < -0.3 is 19.9 Å². The summed E-state index contributed by atoms with van der Waals surface area (Å²) in [5.41, 5.74) is 3.37. The molecular weight excluding hydrogens is 352 g/mol. The number of hydrogen-bond acceptors (Lipinski definition) is 5. The topological polar surface area (TPSA) is 57.7 Å². The molecule has 0 unspecified atom stereocenters. The van der Waals surface area contributed by atoms with Crippen molar-refractivity contribution in [2.45, 2.75) is 19.8 Å². The first kappa shape index (κ1) is 18.7. The minimum Gasteiger partial charge on any atom is -0.378 e. The van der Waals surface area contributed by atoms with Gasteiger partial charge in [0.15, 0.2) is 0 Å². The van der Waals surface area contributed by atoms with Crippen molar-refractivity contribution in [2.75, 3.05) is 54.5 Å². The molecule has 1 aromatic heterocycles. The number of ether oxygens (including phenoxy) is 1. The zero-order chi connectivity index (χ0) is 19.3. The molecular formula is C22H28N4O2. The van der Waals surface area contributed by atoms with Crippen LogP contribution in [0.3, 0.4) is 0 Å². The Bertz CT molecular complexity index is 812. The van der Waals surface area contributed by atoms with Crippen molar-refractivity contribution in [1.29, 1.82) is 0 Å². The molecule has 28 heavy (non-hydrogen) atoms. The Labute approximate surface area is 166 Å². The maximum absolute atomic E-state index is 12.9. The number of rotatable bonds is 4. The molecule has 0 atom stereocenters. The van der Waals surface area contributed by atoms with E-state index >= 15 is 0 Å². The molecule has 3 heterocycles. The summed E-state index contributed by atoms with van der Waals surface area (Å²) in [6.07, 6.45) is 4.11. The molecule has 148 valence electrons. The maximum Gasteiger partial charge on any atom is 0.274 e. The first-order chi connectivity index (χ1) is 13.7. The van der Waals surface area contributed by atoms with Gasteiger partial charge in [0.05, 0.1) is 24.6 Å². The number of pyridine rings is 1. The fraction of sp³-hybridized carbons (Fsp3) is 0.455. The minimum absolute atomic E-state index is 0.173. The number of carbonyl (C=O) groups is 1. The van der Waals surface area contributed by atoms with Crippen LogP contribution >= 0.6 is 0 Å².